The summed E-state index contributed by atoms with van der Waals surface area (Å²) in [6, 6.07) is 12.5. The molecule has 0 aliphatic carbocycles. The van der Waals surface area contributed by atoms with Crippen molar-refractivity contribution in [2.45, 2.75) is 25.9 Å². The molecule has 1 aliphatic heterocycles. The molecular weight excluding hydrogens is 266 g/mol. The number of nitrogens with one attached hydrogen (secondary N) is 1. The van der Waals surface area contributed by atoms with Crippen LogP contribution in [0.3, 0.4) is 0 Å². The van der Waals surface area contributed by atoms with Crippen molar-refractivity contribution < 1.29 is 14.6 Å². The molecule has 0 aromatic heterocycles. The number of fused-ring (bicyclic) bond motifs is 1. The number of ether oxygens (including phenoxy) is 1. The molecule has 2 aromatic rings. The fraction of sp³-hybridized carbons (Fsp3) is 0.235. The number of phenolic OH excluding ortho intramolecular Hbond substituents is 1. The van der Waals surface area contributed by atoms with Gasteiger partial charge in [-0.1, -0.05) is 12.1 Å². The summed E-state index contributed by atoms with van der Waals surface area (Å²) in [5.74, 6) is 0.811. The van der Waals surface area contributed by atoms with Gasteiger partial charge in [0.05, 0.1) is 0 Å². The molecule has 1 aliphatic rings. The summed E-state index contributed by atoms with van der Waals surface area (Å²) in [6.07, 6.45) is 1.02. The highest BCUT2D eigenvalue weighted by Crippen LogP contribution is 2.29. The Labute approximate surface area is 123 Å². The van der Waals surface area contributed by atoms with E-state index in [0.29, 0.717) is 12.1 Å². The van der Waals surface area contributed by atoms with Gasteiger partial charge in [-0.2, -0.15) is 0 Å². The third-order valence-corrected chi connectivity index (χ3v) is 3.60. The highest BCUT2D eigenvalue weighted by atomic mass is 16.5. The average Bonchev–Trinajstić information content (AvgIpc) is 2.48. The van der Waals surface area contributed by atoms with Crippen LogP contribution in [0.5, 0.6) is 11.5 Å². The second kappa shape index (κ2) is 5.48. The topological polar surface area (TPSA) is 58.6 Å². The smallest absolute Gasteiger partial charge is 0.265 e. The van der Waals surface area contributed by atoms with Crippen molar-refractivity contribution in [2.24, 2.45) is 0 Å². The van der Waals surface area contributed by atoms with E-state index >= 15 is 0 Å². The number of benzene rings is 2. The Morgan fingerprint density at radius 1 is 1.24 bits per heavy atom. The van der Waals surface area contributed by atoms with Gasteiger partial charge < -0.3 is 15.2 Å². The van der Waals surface area contributed by atoms with E-state index in [-0.39, 0.29) is 11.7 Å². The van der Waals surface area contributed by atoms with E-state index < -0.39 is 6.10 Å². The highest BCUT2D eigenvalue weighted by molar-refractivity contribution is 5.94. The number of hydrogen-bond acceptors (Lipinski definition) is 3. The lowest BCUT2D eigenvalue weighted by atomic mass is 10.0. The number of carbonyl (C=O) groups is 1. The lowest BCUT2D eigenvalue weighted by molar-refractivity contribution is -0.123. The zero-order valence-electron chi connectivity index (χ0n) is 11.8. The molecule has 1 heterocycles. The Balaban J connectivity index is 1.70. The van der Waals surface area contributed by atoms with E-state index in [1.807, 2.05) is 13.0 Å². The van der Waals surface area contributed by atoms with Gasteiger partial charge in [-0.15, -0.1) is 0 Å². The molecule has 0 saturated carbocycles. The molecule has 3 rings (SSSR count). The van der Waals surface area contributed by atoms with Crippen LogP contribution in [0.15, 0.2) is 42.5 Å². The molecule has 1 amide bonds. The number of rotatable bonds is 2. The number of aryl methyl sites for hydroxylation is 2. The van der Waals surface area contributed by atoms with Crippen molar-refractivity contribution >= 4 is 11.6 Å². The summed E-state index contributed by atoms with van der Waals surface area (Å²) in [5.41, 5.74) is 2.92. The summed E-state index contributed by atoms with van der Waals surface area (Å²) in [5, 5.41) is 12.0. The first-order valence-electron chi connectivity index (χ1n) is 6.98. The molecule has 1 unspecified atom stereocenters. The minimum absolute atomic E-state index is 0.159. The minimum atomic E-state index is -0.479. The number of anilines is 1. The van der Waals surface area contributed by atoms with E-state index in [1.165, 1.54) is 12.1 Å². The predicted octanol–water partition coefficient (Wildman–Crippen LogP) is 3.03. The van der Waals surface area contributed by atoms with Crippen LogP contribution >= 0.6 is 0 Å². The van der Waals surface area contributed by atoms with E-state index in [1.54, 1.807) is 12.1 Å². The molecule has 2 aromatic carbocycles. The van der Waals surface area contributed by atoms with Gasteiger partial charge in [0.1, 0.15) is 11.5 Å². The molecular formula is C17H17NO3. The van der Waals surface area contributed by atoms with E-state index in [4.69, 9.17) is 4.74 Å². The molecule has 0 radical (unpaired) electrons. The zero-order chi connectivity index (χ0) is 14.8. The van der Waals surface area contributed by atoms with Crippen molar-refractivity contribution in [2.75, 3.05) is 5.32 Å². The lowest BCUT2D eigenvalue weighted by Gasteiger charge is -2.25. The Morgan fingerprint density at radius 2 is 2.00 bits per heavy atom. The molecule has 0 fully saturated rings. The van der Waals surface area contributed by atoms with Crippen molar-refractivity contribution in [1.82, 2.24) is 0 Å². The molecule has 108 valence electrons. The molecule has 2 N–H and O–H groups in total. The first-order valence-corrected chi connectivity index (χ1v) is 6.98. The Bertz CT molecular complexity index is 664. The van der Waals surface area contributed by atoms with Crippen molar-refractivity contribution in [3.05, 3.63) is 53.6 Å². The Morgan fingerprint density at radius 3 is 2.76 bits per heavy atom. The lowest BCUT2D eigenvalue weighted by Crippen LogP contribution is -2.35. The average molecular weight is 283 g/mol. The van der Waals surface area contributed by atoms with Crippen LogP contribution in [-0.4, -0.2) is 17.1 Å². The highest BCUT2D eigenvalue weighted by Gasteiger charge is 2.26. The van der Waals surface area contributed by atoms with E-state index in [9.17, 15) is 9.90 Å². The molecule has 4 heteroatoms. The van der Waals surface area contributed by atoms with Gasteiger partial charge in [-0.05, 0) is 61.2 Å². The van der Waals surface area contributed by atoms with Gasteiger partial charge in [0.2, 0.25) is 0 Å². The number of aromatic hydroxyl groups is 1. The minimum Gasteiger partial charge on any atom is -0.508 e. The maximum atomic E-state index is 12.2. The Hall–Kier alpha value is -2.49. The molecule has 21 heavy (non-hydrogen) atoms. The third kappa shape index (κ3) is 2.99. The van der Waals surface area contributed by atoms with Crippen molar-refractivity contribution in [3.63, 3.8) is 0 Å². The van der Waals surface area contributed by atoms with Crippen LogP contribution < -0.4 is 10.1 Å². The molecule has 0 bridgehead atoms. The first kappa shape index (κ1) is 13.5. The maximum absolute atomic E-state index is 12.2. The van der Waals surface area contributed by atoms with Crippen LogP contribution in [0.2, 0.25) is 0 Å². The fourth-order valence-electron chi connectivity index (χ4n) is 2.43. The quantitative estimate of drug-likeness (QED) is 0.833. The normalized spacial score (nSPS) is 16.7. The van der Waals surface area contributed by atoms with Gasteiger partial charge >= 0.3 is 0 Å². The summed E-state index contributed by atoms with van der Waals surface area (Å²) in [7, 11) is 0. The summed E-state index contributed by atoms with van der Waals surface area (Å²) < 4.78 is 5.81. The van der Waals surface area contributed by atoms with Gasteiger partial charge in [0, 0.05) is 5.69 Å². The SMILES string of the molecule is Cc1ccc2c(c1)OC(C(=O)Nc1ccc(O)cc1)CC2. The van der Waals surface area contributed by atoms with Crippen LogP contribution in [0.1, 0.15) is 17.5 Å². The number of amides is 1. The van der Waals surface area contributed by atoms with Crippen LogP contribution in [0.25, 0.3) is 0 Å². The predicted molar refractivity (Wildman–Crippen MR) is 80.7 cm³/mol. The second-order valence-corrected chi connectivity index (χ2v) is 5.29. The van der Waals surface area contributed by atoms with Crippen LogP contribution in [0, 0.1) is 6.92 Å². The third-order valence-electron chi connectivity index (χ3n) is 3.60. The van der Waals surface area contributed by atoms with Crippen LogP contribution in [0.4, 0.5) is 5.69 Å². The summed E-state index contributed by atoms with van der Waals surface area (Å²) >= 11 is 0. The molecule has 0 spiro atoms. The van der Waals surface area contributed by atoms with E-state index in [2.05, 4.69) is 17.4 Å². The van der Waals surface area contributed by atoms with Gasteiger partial charge in [0.15, 0.2) is 6.10 Å². The number of hydrogen-bond donors (Lipinski definition) is 2. The first-order chi connectivity index (χ1) is 10.1. The van der Waals surface area contributed by atoms with Crippen molar-refractivity contribution in [1.29, 1.82) is 0 Å². The second-order valence-electron chi connectivity index (χ2n) is 5.29. The fourth-order valence-corrected chi connectivity index (χ4v) is 2.43. The monoisotopic (exact) mass is 283 g/mol. The Kier molecular flexibility index (Phi) is 3.52. The standard InChI is InChI=1S/C17H17NO3/c1-11-2-3-12-4-9-15(21-16(12)10-11)17(20)18-13-5-7-14(19)8-6-13/h2-3,5-8,10,15,19H,4,9H2,1H3,(H,18,20). The van der Waals surface area contributed by atoms with Gasteiger partial charge in [-0.3, -0.25) is 4.79 Å². The van der Waals surface area contributed by atoms with Crippen LogP contribution in [-0.2, 0) is 11.2 Å². The number of phenols is 1. The van der Waals surface area contributed by atoms with Crippen molar-refractivity contribution in [3.8, 4) is 11.5 Å². The molecule has 0 saturated heterocycles. The summed E-state index contributed by atoms with van der Waals surface area (Å²) in [6.45, 7) is 2.00. The molecule has 4 nitrogen and oxygen atoms in total. The summed E-state index contributed by atoms with van der Waals surface area (Å²) in [4.78, 5) is 12.2. The largest absolute Gasteiger partial charge is 0.508 e. The zero-order valence-corrected chi connectivity index (χ0v) is 11.8. The van der Waals surface area contributed by atoms with Gasteiger partial charge in [0.25, 0.3) is 5.91 Å². The van der Waals surface area contributed by atoms with Gasteiger partial charge in [-0.25, -0.2) is 0 Å². The number of carbonyl (C=O) groups excluding carboxylic acids is 1. The molecule has 1 atom stereocenters. The van der Waals surface area contributed by atoms with E-state index in [0.717, 1.165) is 23.3 Å². The maximum Gasteiger partial charge on any atom is 0.265 e.